The molecule has 0 aliphatic carbocycles. The Labute approximate surface area is 238 Å². The molecular weight excluding hydrogens is 508 g/mol. The first kappa shape index (κ1) is 31.6. The van der Waals surface area contributed by atoms with Crippen LogP contribution in [0.5, 0.6) is 0 Å². The molecule has 0 nitrogen and oxygen atoms in total. The third-order valence-electron chi connectivity index (χ3n) is 7.63. The van der Waals surface area contributed by atoms with Gasteiger partial charge in [-0.15, -0.1) is 0 Å². The molecule has 0 aromatic heterocycles. The molecule has 40 heavy (non-hydrogen) atoms. The van der Waals surface area contributed by atoms with Crippen molar-refractivity contribution in [2.75, 3.05) is 0 Å². The number of halogens is 4. The Balaban J connectivity index is 1.61. The second kappa shape index (κ2) is 17.0. The SMILES string of the molecule is CCCCCCCCCc1ccc(-c2ccc(/C(F)=C(\F)c3ccc(CCCCCCC)cc3)cc2)c(F)c1F. The molecule has 0 aliphatic heterocycles. The summed E-state index contributed by atoms with van der Waals surface area (Å²) in [6.07, 6.45) is 15.2. The van der Waals surface area contributed by atoms with Gasteiger partial charge in [0.15, 0.2) is 23.3 Å². The molecule has 0 aliphatic rings. The van der Waals surface area contributed by atoms with Crippen molar-refractivity contribution in [3.8, 4) is 11.1 Å². The summed E-state index contributed by atoms with van der Waals surface area (Å²) in [4.78, 5) is 0. The monoisotopic (exact) mass is 552 g/mol. The van der Waals surface area contributed by atoms with Crippen molar-refractivity contribution in [2.45, 2.75) is 104 Å². The van der Waals surface area contributed by atoms with E-state index in [0.29, 0.717) is 17.5 Å². The predicted molar refractivity (Wildman–Crippen MR) is 161 cm³/mol. The third kappa shape index (κ3) is 9.35. The standard InChI is InChI=1S/C36H44F4/c1-3-5-7-9-10-12-14-16-29-25-26-32(36(40)35(29)39)28-21-23-31(24-22-28)34(38)33(37)30-19-17-27(18-20-30)15-13-11-8-6-4-2/h17-26H,3-16H2,1-2H3/b34-33+. The van der Waals surface area contributed by atoms with Gasteiger partial charge in [-0.2, -0.15) is 0 Å². The molecule has 0 bridgehead atoms. The molecule has 3 rings (SSSR count). The van der Waals surface area contributed by atoms with Gasteiger partial charge in [0.05, 0.1) is 0 Å². The molecule has 3 aromatic rings. The molecule has 0 atom stereocenters. The number of unbranched alkanes of at least 4 members (excludes halogenated alkanes) is 10. The minimum atomic E-state index is -0.976. The summed E-state index contributed by atoms with van der Waals surface area (Å²) >= 11 is 0. The van der Waals surface area contributed by atoms with Gasteiger partial charge in [0.2, 0.25) is 0 Å². The van der Waals surface area contributed by atoms with E-state index in [0.717, 1.165) is 37.7 Å². The maximum absolute atomic E-state index is 15.0. The topological polar surface area (TPSA) is 0 Å². The Bertz CT molecular complexity index is 1190. The van der Waals surface area contributed by atoms with Crippen molar-refractivity contribution in [3.63, 3.8) is 0 Å². The van der Waals surface area contributed by atoms with Crippen molar-refractivity contribution in [1.29, 1.82) is 0 Å². The fourth-order valence-corrected chi connectivity index (χ4v) is 5.08. The Morgan fingerprint density at radius 2 is 0.975 bits per heavy atom. The van der Waals surface area contributed by atoms with Gasteiger partial charge < -0.3 is 0 Å². The minimum Gasteiger partial charge on any atom is -0.203 e. The zero-order valence-electron chi connectivity index (χ0n) is 24.2. The van der Waals surface area contributed by atoms with E-state index in [-0.39, 0.29) is 16.7 Å². The van der Waals surface area contributed by atoms with Gasteiger partial charge in [-0.3, -0.25) is 0 Å². The normalized spacial score (nSPS) is 12.1. The molecule has 0 heterocycles. The first-order chi connectivity index (χ1) is 19.5. The minimum absolute atomic E-state index is 0.0534. The number of benzene rings is 3. The van der Waals surface area contributed by atoms with E-state index in [1.54, 1.807) is 24.3 Å². The second-order valence-corrected chi connectivity index (χ2v) is 10.8. The summed E-state index contributed by atoms with van der Waals surface area (Å²) in [5.41, 5.74) is 2.26. The first-order valence-electron chi connectivity index (χ1n) is 15.2. The van der Waals surface area contributed by atoms with Crippen LogP contribution in [0, 0.1) is 11.6 Å². The smallest absolute Gasteiger partial charge is 0.166 e. The van der Waals surface area contributed by atoms with E-state index in [1.807, 2.05) is 12.1 Å². The summed E-state index contributed by atoms with van der Waals surface area (Å²) < 4.78 is 59.6. The van der Waals surface area contributed by atoms with Crippen LogP contribution in [0.25, 0.3) is 22.8 Å². The lowest BCUT2D eigenvalue weighted by Crippen LogP contribution is -1.98. The number of rotatable bonds is 17. The number of aryl methyl sites for hydroxylation is 2. The van der Waals surface area contributed by atoms with Crippen molar-refractivity contribution < 1.29 is 17.6 Å². The average molecular weight is 553 g/mol. The zero-order valence-corrected chi connectivity index (χ0v) is 24.2. The third-order valence-corrected chi connectivity index (χ3v) is 7.63. The lowest BCUT2D eigenvalue weighted by molar-refractivity contribution is 0.497. The maximum atomic E-state index is 15.0. The second-order valence-electron chi connectivity index (χ2n) is 10.8. The Morgan fingerprint density at radius 1 is 0.500 bits per heavy atom. The molecule has 0 saturated carbocycles. The van der Waals surface area contributed by atoms with E-state index in [2.05, 4.69) is 13.8 Å². The van der Waals surface area contributed by atoms with Crippen molar-refractivity contribution >= 4 is 11.7 Å². The summed E-state index contributed by atoms with van der Waals surface area (Å²) in [6, 6.07) is 15.9. The fraction of sp³-hybridized carbons (Fsp3) is 0.444. The van der Waals surface area contributed by atoms with Crippen LogP contribution in [0.4, 0.5) is 17.6 Å². The number of hydrogen-bond donors (Lipinski definition) is 0. The molecule has 0 N–H and O–H groups in total. The lowest BCUT2D eigenvalue weighted by atomic mass is 9.98. The van der Waals surface area contributed by atoms with Crippen molar-refractivity contribution in [1.82, 2.24) is 0 Å². The molecule has 0 amide bonds. The molecule has 4 heteroatoms. The van der Waals surface area contributed by atoms with Crippen LogP contribution >= 0.6 is 0 Å². The van der Waals surface area contributed by atoms with Crippen LogP contribution < -0.4 is 0 Å². The molecule has 3 aromatic carbocycles. The summed E-state index contributed by atoms with van der Waals surface area (Å²) in [7, 11) is 0. The summed E-state index contributed by atoms with van der Waals surface area (Å²) in [6.45, 7) is 4.37. The highest BCUT2D eigenvalue weighted by Crippen LogP contribution is 2.32. The van der Waals surface area contributed by atoms with Gasteiger partial charge >= 0.3 is 0 Å². The zero-order chi connectivity index (χ0) is 28.7. The quantitative estimate of drug-likeness (QED) is 0.0887. The van der Waals surface area contributed by atoms with E-state index in [9.17, 15) is 17.6 Å². The Hall–Kier alpha value is -2.88. The molecule has 0 fully saturated rings. The average Bonchev–Trinajstić information content (AvgIpc) is 2.98. The van der Waals surface area contributed by atoms with Gasteiger partial charge in [-0.25, -0.2) is 17.6 Å². The van der Waals surface area contributed by atoms with E-state index >= 15 is 0 Å². The van der Waals surface area contributed by atoms with Crippen LogP contribution in [-0.4, -0.2) is 0 Å². The molecule has 0 unspecified atom stereocenters. The van der Waals surface area contributed by atoms with Gasteiger partial charge in [0, 0.05) is 16.7 Å². The van der Waals surface area contributed by atoms with Gasteiger partial charge in [0.1, 0.15) is 0 Å². The first-order valence-corrected chi connectivity index (χ1v) is 15.2. The van der Waals surface area contributed by atoms with E-state index in [4.69, 9.17) is 0 Å². The summed E-state index contributed by atoms with van der Waals surface area (Å²) in [5, 5.41) is 0. The maximum Gasteiger partial charge on any atom is 0.166 e. The summed E-state index contributed by atoms with van der Waals surface area (Å²) in [5.74, 6) is -3.64. The van der Waals surface area contributed by atoms with Crippen molar-refractivity contribution in [3.05, 3.63) is 94.6 Å². The van der Waals surface area contributed by atoms with Crippen LogP contribution in [0.1, 0.15) is 113 Å². The van der Waals surface area contributed by atoms with Crippen LogP contribution in [-0.2, 0) is 12.8 Å². The Kier molecular flexibility index (Phi) is 13.5. The Morgan fingerprint density at radius 3 is 1.52 bits per heavy atom. The molecule has 0 spiro atoms. The van der Waals surface area contributed by atoms with Crippen LogP contribution in [0.2, 0.25) is 0 Å². The van der Waals surface area contributed by atoms with Gasteiger partial charge in [-0.05, 0) is 42.4 Å². The molecule has 216 valence electrons. The fourth-order valence-electron chi connectivity index (χ4n) is 5.08. The largest absolute Gasteiger partial charge is 0.203 e. The highest BCUT2D eigenvalue weighted by Gasteiger charge is 2.16. The van der Waals surface area contributed by atoms with E-state index < -0.39 is 23.3 Å². The van der Waals surface area contributed by atoms with Crippen LogP contribution in [0.15, 0.2) is 60.7 Å². The highest BCUT2D eigenvalue weighted by molar-refractivity contribution is 5.83. The number of hydrogen-bond acceptors (Lipinski definition) is 0. The predicted octanol–water partition coefficient (Wildman–Crippen LogP) is 12.2. The van der Waals surface area contributed by atoms with Crippen LogP contribution in [0.3, 0.4) is 0 Å². The lowest BCUT2D eigenvalue weighted by Gasteiger charge is -2.10. The van der Waals surface area contributed by atoms with Gasteiger partial charge in [-0.1, -0.05) is 139 Å². The molecule has 0 radical (unpaired) electrons. The van der Waals surface area contributed by atoms with Gasteiger partial charge in [0.25, 0.3) is 0 Å². The highest BCUT2D eigenvalue weighted by atomic mass is 19.2. The van der Waals surface area contributed by atoms with Crippen molar-refractivity contribution in [2.24, 2.45) is 0 Å². The van der Waals surface area contributed by atoms with E-state index in [1.165, 1.54) is 75.6 Å². The molecular formula is C36H44F4. The molecule has 0 saturated heterocycles.